The minimum atomic E-state index is -0.488. The maximum atomic E-state index is 12.4. The molecule has 0 N–H and O–H groups in total. The Kier molecular flexibility index (Phi) is 6.83. The van der Waals surface area contributed by atoms with E-state index in [1.54, 1.807) is 11.8 Å². The van der Waals surface area contributed by atoms with Gasteiger partial charge in [-0.25, -0.2) is 9.59 Å². The van der Waals surface area contributed by atoms with E-state index in [1.807, 2.05) is 57.2 Å². The van der Waals surface area contributed by atoms with Gasteiger partial charge in [0, 0.05) is 13.1 Å². The molecule has 0 bridgehead atoms. The molecule has 1 fully saturated rings. The standard InChI is InChI=1S/C21H29NO4/c1-5-25-19(23)18(17-9-7-6-8-10-17)15-16-11-13-22(14-12-16)20(24)26-21(2,3)4/h6-10,15-16H,5,11-14H2,1-4H3. The number of esters is 1. The number of benzene rings is 1. The van der Waals surface area contributed by atoms with Gasteiger partial charge in [-0.3, -0.25) is 0 Å². The summed E-state index contributed by atoms with van der Waals surface area (Å²) >= 11 is 0. The highest BCUT2D eigenvalue weighted by atomic mass is 16.6. The largest absolute Gasteiger partial charge is 0.462 e. The number of hydrogen-bond donors (Lipinski definition) is 0. The molecule has 1 heterocycles. The van der Waals surface area contributed by atoms with Crippen LogP contribution in [0.25, 0.3) is 5.57 Å². The van der Waals surface area contributed by atoms with Crippen LogP contribution >= 0.6 is 0 Å². The highest BCUT2D eigenvalue weighted by molar-refractivity contribution is 6.16. The van der Waals surface area contributed by atoms with Crippen molar-refractivity contribution in [1.82, 2.24) is 4.90 Å². The first-order valence-corrected chi connectivity index (χ1v) is 9.22. The lowest BCUT2D eigenvalue weighted by molar-refractivity contribution is -0.136. The molecular formula is C21H29NO4. The molecule has 26 heavy (non-hydrogen) atoms. The van der Waals surface area contributed by atoms with Crippen LogP contribution in [0.1, 0.15) is 46.1 Å². The van der Waals surface area contributed by atoms with Crippen molar-refractivity contribution in [2.24, 2.45) is 5.92 Å². The third-order valence-electron chi connectivity index (χ3n) is 4.17. The Bertz CT molecular complexity index is 638. The van der Waals surface area contributed by atoms with E-state index in [-0.39, 0.29) is 18.0 Å². The molecule has 0 aliphatic carbocycles. The zero-order valence-corrected chi connectivity index (χ0v) is 16.2. The average molecular weight is 359 g/mol. The molecule has 1 amide bonds. The van der Waals surface area contributed by atoms with Gasteiger partial charge in [0.25, 0.3) is 0 Å². The Morgan fingerprint density at radius 2 is 1.77 bits per heavy atom. The first-order valence-electron chi connectivity index (χ1n) is 9.22. The molecule has 1 aromatic carbocycles. The summed E-state index contributed by atoms with van der Waals surface area (Å²) in [6.45, 7) is 9.01. The van der Waals surface area contributed by atoms with Gasteiger partial charge in [-0.2, -0.15) is 0 Å². The number of likely N-dealkylation sites (tertiary alicyclic amines) is 1. The van der Waals surface area contributed by atoms with Crippen molar-refractivity contribution in [1.29, 1.82) is 0 Å². The summed E-state index contributed by atoms with van der Waals surface area (Å²) in [6.07, 6.45) is 3.33. The van der Waals surface area contributed by atoms with Crippen LogP contribution in [0.4, 0.5) is 4.79 Å². The molecule has 1 aliphatic rings. The Balaban J connectivity index is 2.05. The van der Waals surface area contributed by atoms with Crippen LogP contribution in [-0.4, -0.2) is 42.3 Å². The highest BCUT2D eigenvalue weighted by Crippen LogP contribution is 2.25. The van der Waals surface area contributed by atoms with E-state index in [9.17, 15) is 9.59 Å². The zero-order chi connectivity index (χ0) is 19.2. The van der Waals surface area contributed by atoms with Crippen LogP contribution in [0, 0.1) is 5.92 Å². The van der Waals surface area contributed by atoms with Crippen LogP contribution in [0.2, 0.25) is 0 Å². The second-order valence-corrected chi connectivity index (χ2v) is 7.47. The minimum Gasteiger partial charge on any atom is -0.462 e. The molecular weight excluding hydrogens is 330 g/mol. The summed E-state index contributed by atoms with van der Waals surface area (Å²) in [5.41, 5.74) is 0.974. The lowest BCUT2D eigenvalue weighted by atomic mass is 9.92. The summed E-state index contributed by atoms with van der Waals surface area (Å²) in [7, 11) is 0. The first-order chi connectivity index (χ1) is 12.3. The SMILES string of the molecule is CCOC(=O)C(=CC1CCN(C(=O)OC(C)(C)C)CC1)c1ccccc1. The predicted molar refractivity (Wildman–Crippen MR) is 102 cm³/mol. The molecule has 1 aliphatic heterocycles. The molecule has 0 spiro atoms. The molecule has 1 saturated heterocycles. The molecule has 0 saturated carbocycles. The fourth-order valence-electron chi connectivity index (χ4n) is 2.92. The van der Waals surface area contributed by atoms with E-state index < -0.39 is 5.60 Å². The van der Waals surface area contributed by atoms with Crippen molar-refractivity contribution in [2.45, 2.75) is 46.1 Å². The number of piperidine rings is 1. The summed E-state index contributed by atoms with van der Waals surface area (Å²) in [5, 5.41) is 0. The molecule has 0 aromatic heterocycles. The maximum Gasteiger partial charge on any atom is 0.410 e. The number of carbonyl (C=O) groups is 2. The predicted octanol–water partition coefficient (Wildman–Crippen LogP) is 4.28. The Morgan fingerprint density at radius 3 is 2.31 bits per heavy atom. The fraction of sp³-hybridized carbons (Fsp3) is 0.524. The highest BCUT2D eigenvalue weighted by Gasteiger charge is 2.27. The number of nitrogens with zero attached hydrogens (tertiary/aromatic N) is 1. The van der Waals surface area contributed by atoms with Crippen molar-refractivity contribution >= 4 is 17.6 Å². The number of rotatable bonds is 4. The third kappa shape index (κ3) is 5.90. The van der Waals surface area contributed by atoms with Gasteiger partial charge in [0.15, 0.2) is 0 Å². The quantitative estimate of drug-likeness (QED) is 0.595. The van der Waals surface area contributed by atoms with Crippen molar-refractivity contribution in [3.8, 4) is 0 Å². The van der Waals surface area contributed by atoms with Gasteiger partial charge >= 0.3 is 12.1 Å². The fourth-order valence-corrected chi connectivity index (χ4v) is 2.92. The molecule has 5 heteroatoms. The summed E-state index contributed by atoms with van der Waals surface area (Å²) in [6, 6.07) is 9.57. The van der Waals surface area contributed by atoms with Gasteiger partial charge in [-0.1, -0.05) is 36.4 Å². The van der Waals surface area contributed by atoms with Crippen LogP contribution in [0.15, 0.2) is 36.4 Å². The van der Waals surface area contributed by atoms with Gasteiger partial charge in [0.2, 0.25) is 0 Å². The Hall–Kier alpha value is -2.30. The lowest BCUT2D eigenvalue weighted by Gasteiger charge is -2.32. The van der Waals surface area contributed by atoms with Crippen LogP contribution in [-0.2, 0) is 14.3 Å². The molecule has 0 unspecified atom stereocenters. The Labute approximate surface area is 156 Å². The first kappa shape index (κ1) is 20.0. The third-order valence-corrected chi connectivity index (χ3v) is 4.17. The van der Waals surface area contributed by atoms with Crippen molar-refractivity contribution in [3.05, 3.63) is 42.0 Å². The number of hydrogen-bond acceptors (Lipinski definition) is 4. The topological polar surface area (TPSA) is 55.8 Å². The van der Waals surface area contributed by atoms with Crippen molar-refractivity contribution in [2.75, 3.05) is 19.7 Å². The number of allylic oxidation sites excluding steroid dienone is 1. The smallest absolute Gasteiger partial charge is 0.410 e. The monoisotopic (exact) mass is 359 g/mol. The van der Waals surface area contributed by atoms with Gasteiger partial charge in [0.05, 0.1) is 12.2 Å². The molecule has 142 valence electrons. The summed E-state index contributed by atoms with van der Waals surface area (Å²) < 4.78 is 10.7. The number of ether oxygens (including phenoxy) is 2. The maximum absolute atomic E-state index is 12.4. The van der Waals surface area contributed by atoms with E-state index >= 15 is 0 Å². The second kappa shape index (κ2) is 8.88. The van der Waals surface area contributed by atoms with E-state index in [4.69, 9.17) is 9.47 Å². The van der Waals surface area contributed by atoms with E-state index in [2.05, 4.69) is 0 Å². The molecule has 0 radical (unpaired) electrons. The van der Waals surface area contributed by atoms with Crippen LogP contribution in [0.3, 0.4) is 0 Å². The number of amides is 1. The lowest BCUT2D eigenvalue weighted by Crippen LogP contribution is -2.41. The van der Waals surface area contributed by atoms with Crippen LogP contribution in [0.5, 0.6) is 0 Å². The van der Waals surface area contributed by atoms with E-state index in [1.165, 1.54) is 0 Å². The van der Waals surface area contributed by atoms with Crippen molar-refractivity contribution < 1.29 is 19.1 Å². The van der Waals surface area contributed by atoms with Crippen LogP contribution < -0.4 is 0 Å². The van der Waals surface area contributed by atoms with Crippen molar-refractivity contribution in [3.63, 3.8) is 0 Å². The molecule has 2 rings (SSSR count). The van der Waals surface area contributed by atoms with Gasteiger partial charge in [-0.15, -0.1) is 0 Å². The summed E-state index contributed by atoms with van der Waals surface area (Å²) in [5.74, 6) is -0.0680. The molecule has 5 nitrogen and oxygen atoms in total. The summed E-state index contributed by atoms with van der Waals surface area (Å²) in [4.78, 5) is 26.3. The van der Waals surface area contributed by atoms with E-state index in [0.29, 0.717) is 25.3 Å². The zero-order valence-electron chi connectivity index (χ0n) is 16.2. The molecule has 1 aromatic rings. The average Bonchev–Trinajstić information content (AvgIpc) is 2.59. The van der Waals surface area contributed by atoms with Gasteiger partial charge < -0.3 is 14.4 Å². The van der Waals surface area contributed by atoms with Gasteiger partial charge in [0.1, 0.15) is 5.60 Å². The van der Waals surface area contributed by atoms with E-state index in [0.717, 1.165) is 18.4 Å². The minimum absolute atomic E-state index is 0.230. The Morgan fingerprint density at radius 1 is 1.15 bits per heavy atom. The normalized spacial score (nSPS) is 16.3. The van der Waals surface area contributed by atoms with Gasteiger partial charge in [-0.05, 0) is 52.0 Å². The number of carbonyl (C=O) groups excluding carboxylic acids is 2. The second-order valence-electron chi connectivity index (χ2n) is 7.47. The molecule has 0 atom stereocenters.